The number of hydrogen-bond acceptors (Lipinski definition) is 4. The molecule has 2 rings (SSSR count). The maximum absolute atomic E-state index is 9.92. The second-order valence-electron chi connectivity index (χ2n) is 5.41. The van der Waals surface area contributed by atoms with Crippen molar-refractivity contribution in [2.24, 2.45) is 0 Å². The summed E-state index contributed by atoms with van der Waals surface area (Å²) in [5, 5.41) is 23.9. The first kappa shape index (κ1) is 16.8. The molecule has 0 saturated heterocycles. The summed E-state index contributed by atoms with van der Waals surface area (Å²) < 4.78 is 5.47. The number of ether oxygens (including phenoxy) is 1. The van der Waals surface area contributed by atoms with Crippen LogP contribution in [0, 0.1) is 0 Å². The summed E-state index contributed by atoms with van der Waals surface area (Å²) in [5.74, 6) is 0.571. The van der Waals surface area contributed by atoms with Crippen LogP contribution in [0.25, 0.3) is 0 Å². The highest BCUT2D eigenvalue weighted by Gasteiger charge is 2.23. The van der Waals surface area contributed by atoms with Gasteiger partial charge in [0.25, 0.3) is 0 Å². The summed E-state index contributed by atoms with van der Waals surface area (Å²) in [5.41, 5.74) is 0. The molecule has 3 N–H and O–H groups in total. The molecule has 1 fully saturated rings. The Morgan fingerprint density at radius 3 is 2.71 bits per heavy atom. The average molecular weight is 334 g/mol. The Bertz CT molecular complexity index is 459. The molecule has 3 unspecified atom stereocenters. The molecule has 4 nitrogen and oxygen atoms in total. The van der Waals surface area contributed by atoms with Crippen LogP contribution in [0.4, 0.5) is 0 Å². The lowest BCUT2D eigenvalue weighted by Gasteiger charge is -2.29. The van der Waals surface area contributed by atoms with E-state index < -0.39 is 6.10 Å². The monoisotopic (exact) mass is 333 g/mol. The molecule has 118 valence electrons. The summed E-state index contributed by atoms with van der Waals surface area (Å²) in [6.07, 6.45) is 3.00. The lowest BCUT2D eigenvalue weighted by molar-refractivity contribution is 0.0673. The fraction of sp³-hybridized carbons (Fsp3) is 0.600. The Kier molecular flexibility index (Phi) is 6.58. The second-order valence-corrected chi connectivity index (χ2v) is 6.22. The summed E-state index contributed by atoms with van der Waals surface area (Å²) in [6, 6.07) is 5.05. The van der Waals surface area contributed by atoms with Crippen molar-refractivity contribution in [2.45, 2.75) is 43.9 Å². The summed E-state index contributed by atoms with van der Waals surface area (Å²) in [7, 11) is 0. The zero-order valence-electron chi connectivity index (χ0n) is 11.8. The number of hydrogen-bond donors (Lipinski definition) is 3. The molecule has 0 radical (unpaired) electrons. The zero-order valence-corrected chi connectivity index (χ0v) is 13.3. The first-order valence-electron chi connectivity index (χ1n) is 7.23. The maximum atomic E-state index is 9.92. The molecular weight excluding hydrogens is 313 g/mol. The minimum Gasteiger partial charge on any atom is -0.491 e. The van der Waals surface area contributed by atoms with Crippen LogP contribution in [0.2, 0.25) is 10.0 Å². The van der Waals surface area contributed by atoms with E-state index in [2.05, 4.69) is 5.32 Å². The fourth-order valence-corrected chi connectivity index (χ4v) is 2.74. The van der Waals surface area contributed by atoms with Crippen LogP contribution in [-0.4, -0.2) is 41.6 Å². The normalized spacial score (nSPS) is 23.8. The van der Waals surface area contributed by atoms with Crippen molar-refractivity contribution in [3.8, 4) is 5.75 Å². The van der Waals surface area contributed by atoms with Crippen molar-refractivity contribution in [1.82, 2.24) is 5.32 Å². The van der Waals surface area contributed by atoms with Crippen molar-refractivity contribution < 1.29 is 14.9 Å². The molecule has 0 spiro atoms. The van der Waals surface area contributed by atoms with Gasteiger partial charge in [-0.1, -0.05) is 36.0 Å². The SMILES string of the molecule is OC(CNC1CCCCC1O)COc1ccc(Cl)c(Cl)c1. The molecule has 1 aliphatic carbocycles. The summed E-state index contributed by atoms with van der Waals surface area (Å²) in [4.78, 5) is 0. The molecule has 0 bridgehead atoms. The number of rotatable bonds is 6. The van der Waals surface area contributed by atoms with Gasteiger partial charge in [-0.3, -0.25) is 0 Å². The third kappa shape index (κ3) is 5.31. The van der Waals surface area contributed by atoms with E-state index in [0.29, 0.717) is 22.3 Å². The molecular formula is C15H21Cl2NO3. The van der Waals surface area contributed by atoms with E-state index in [4.69, 9.17) is 27.9 Å². The Morgan fingerprint density at radius 1 is 1.24 bits per heavy atom. The van der Waals surface area contributed by atoms with Crippen LogP contribution in [0.15, 0.2) is 18.2 Å². The molecule has 21 heavy (non-hydrogen) atoms. The number of nitrogens with one attached hydrogen (secondary N) is 1. The fourth-order valence-electron chi connectivity index (χ4n) is 2.45. The van der Waals surface area contributed by atoms with Gasteiger partial charge in [-0.15, -0.1) is 0 Å². The van der Waals surface area contributed by atoms with Crippen LogP contribution < -0.4 is 10.1 Å². The predicted octanol–water partition coefficient (Wildman–Crippen LogP) is 2.63. The Morgan fingerprint density at radius 2 is 2.00 bits per heavy atom. The van der Waals surface area contributed by atoms with Crippen LogP contribution in [0.5, 0.6) is 5.75 Å². The minimum absolute atomic E-state index is 0.0679. The van der Waals surface area contributed by atoms with Crippen LogP contribution in [0.3, 0.4) is 0 Å². The van der Waals surface area contributed by atoms with Gasteiger partial charge in [-0.25, -0.2) is 0 Å². The van der Waals surface area contributed by atoms with Crippen molar-refractivity contribution in [2.75, 3.05) is 13.2 Å². The molecule has 6 heteroatoms. The second kappa shape index (κ2) is 8.20. The molecule has 0 heterocycles. The highest BCUT2D eigenvalue weighted by molar-refractivity contribution is 6.42. The Hall–Kier alpha value is -0.520. The van der Waals surface area contributed by atoms with Crippen LogP contribution in [-0.2, 0) is 0 Å². The van der Waals surface area contributed by atoms with E-state index in [0.717, 1.165) is 25.7 Å². The van der Waals surface area contributed by atoms with E-state index in [1.807, 2.05) is 0 Å². The molecule has 1 aromatic carbocycles. The molecule has 0 aliphatic heterocycles. The van der Waals surface area contributed by atoms with E-state index in [1.165, 1.54) is 0 Å². The standard InChI is InChI=1S/C15H21Cl2NO3/c16-12-6-5-11(7-13(12)17)21-9-10(19)8-18-14-3-1-2-4-15(14)20/h5-7,10,14-15,18-20H,1-4,8-9H2. The van der Waals surface area contributed by atoms with Gasteiger partial charge in [-0.2, -0.15) is 0 Å². The minimum atomic E-state index is -0.645. The first-order chi connectivity index (χ1) is 10.1. The van der Waals surface area contributed by atoms with E-state index >= 15 is 0 Å². The van der Waals surface area contributed by atoms with E-state index in [-0.39, 0.29) is 18.8 Å². The highest BCUT2D eigenvalue weighted by Crippen LogP contribution is 2.26. The summed E-state index contributed by atoms with van der Waals surface area (Å²) in [6.45, 7) is 0.552. The Balaban J connectivity index is 1.71. The van der Waals surface area contributed by atoms with Crippen molar-refractivity contribution in [1.29, 1.82) is 0 Å². The zero-order chi connectivity index (χ0) is 15.2. The number of aliphatic hydroxyl groups excluding tert-OH is 2. The Labute approximate surface area is 135 Å². The average Bonchev–Trinajstić information content (AvgIpc) is 2.47. The van der Waals surface area contributed by atoms with Gasteiger partial charge in [0, 0.05) is 18.7 Å². The third-order valence-electron chi connectivity index (χ3n) is 3.68. The predicted molar refractivity (Wildman–Crippen MR) is 84.2 cm³/mol. The van der Waals surface area contributed by atoms with Crippen molar-refractivity contribution in [3.63, 3.8) is 0 Å². The molecule has 1 aromatic rings. The molecule has 1 aliphatic rings. The molecule has 3 atom stereocenters. The quantitative estimate of drug-likeness (QED) is 0.748. The molecule has 0 amide bonds. The van der Waals surface area contributed by atoms with E-state index in [1.54, 1.807) is 18.2 Å². The van der Waals surface area contributed by atoms with Gasteiger partial charge < -0.3 is 20.3 Å². The highest BCUT2D eigenvalue weighted by atomic mass is 35.5. The first-order valence-corrected chi connectivity index (χ1v) is 7.99. The van der Waals surface area contributed by atoms with Gasteiger partial charge in [0.05, 0.1) is 16.1 Å². The number of halogens is 2. The van der Waals surface area contributed by atoms with Crippen molar-refractivity contribution >= 4 is 23.2 Å². The molecule has 0 aromatic heterocycles. The van der Waals surface area contributed by atoms with Gasteiger partial charge in [0.15, 0.2) is 0 Å². The van der Waals surface area contributed by atoms with Crippen molar-refractivity contribution in [3.05, 3.63) is 28.2 Å². The van der Waals surface area contributed by atoms with Gasteiger partial charge >= 0.3 is 0 Å². The van der Waals surface area contributed by atoms with Gasteiger partial charge in [0.2, 0.25) is 0 Å². The maximum Gasteiger partial charge on any atom is 0.121 e. The summed E-state index contributed by atoms with van der Waals surface area (Å²) >= 11 is 11.7. The lowest BCUT2D eigenvalue weighted by atomic mass is 9.92. The number of aliphatic hydroxyl groups is 2. The van der Waals surface area contributed by atoms with Crippen LogP contribution >= 0.6 is 23.2 Å². The topological polar surface area (TPSA) is 61.7 Å². The smallest absolute Gasteiger partial charge is 0.121 e. The van der Waals surface area contributed by atoms with Crippen LogP contribution in [0.1, 0.15) is 25.7 Å². The molecule has 1 saturated carbocycles. The van der Waals surface area contributed by atoms with Gasteiger partial charge in [-0.05, 0) is 25.0 Å². The van der Waals surface area contributed by atoms with E-state index in [9.17, 15) is 10.2 Å². The number of benzene rings is 1. The largest absolute Gasteiger partial charge is 0.491 e. The van der Waals surface area contributed by atoms with Gasteiger partial charge in [0.1, 0.15) is 18.5 Å². The lowest BCUT2D eigenvalue weighted by Crippen LogP contribution is -2.45. The third-order valence-corrected chi connectivity index (χ3v) is 4.42.